The summed E-state index contributed by atoms with van der Waals surface area (Å²) >= 11 is 0. The van der Waals surface area contributed by atoms with Gasteiger partial charge in [0.15, 0.2) is 16.4 Å². The minimum Gasteiger partial charge on any atom is -0.452 e. The molecule has 1 aliphatic heterocycles. The molecule has 1 heterocycles. The second kappa shape index (κ2) is 7.92. The Morgan fingerprint density at radius 1 is 1.19 bits per heavy atom. The van der Waals surface area contributed by atoms with Crippen molar-refractivity contribution in [1.82, 2.24) is 4.90 Å². The minimum atomic E-state index is -3.09. The molecule has 2 aliphatic rings. The molecule has 0 aromatic heterocycles. The average Bonchev–Trinajstić information content (AvgIpc) is 3.41. The Kier molecular flexibility index (Phi) is 5.61. The van der Waals surface area contributed by atoms with Crippen molar-refractivity contribution >= 4 is 27.8 Å². The topological polar surface area (TPSA) is 105 Å². The van der Waals surface area contributed by atoms with Gasteiger partial charge in [0.1, 0.15) is 0 Å². The van der Waals surface area contributed by atoms with E-state index < -0.39 is 22.4 Å². The van der Waals surface area contributed by atoms with E-state index in [9.17, 15) is 18.0 Å². The number of nitriles is 1. The second-order valence-electron chi connectivity index (χ2n) is 6.76. The Hall–Kier alpha value is -2.66. The van der Waals surface area contributed by atoms with Crippen molar-refractivity contribution in [2.75, 3.05) is 18.1 Å². The summed E-state index contributed by atoms with van der Waals surface area (Å²) in [6.45, 7) is -0.399. The summed E-state index contributed by atoms with van der Waals surface area (Å²) in [4.78, 5) is 25.9. The Bertz CT molecular complexity index is 895. The standard InChI is InChI=1S/C19H20N2O5S/c20-11-15-3-1-14(2-4-15)5-8-19(23)26-12-18(22)21(16-6-7-16)17-9-10-27(24,25)13-17/h1-5,8,16-17H,6-7,9-10,12-13H2/b8-5+/t17-/m0/s1. The summed E-state index contributed by atoms with van der Waals surface area (Å²) < 4.78 is 28.4. The van der Waals surface area contributed by atoms with Crippen LogP contribution in [0.1, 0.15) is 30.4 Å². The lowest BCUT2D eigenvalue weighted by Gasteiger charge is -2.28. The first-order valence-electron chi connectivity index (χ1n) is 8.74. The van der Waals surface area contributed by atoms with Crippen LogP contribution in [0, 0.1) is 11.3 Å². The molecule has 1 atom stereocenters. The summed E-state index contributed by atoms with van der Waals surface area (Å²) in [6, 6.07) is 8.42. The van der Waals surface area contributed by atoms with Crippen LogP contribution in [-0.4, -0.2) is 55.4 Å². The van der Waals surface area contributed by atoms with Gasteiger partial charge in [-0.15, -0.1) is 0 Å². The highest BCUT2D eigenvalue weighted by Crippen LogP contribution is 2.32. The van der Waals surface area contributed by atoms with E-state index in [1.165, 1.54) is 12.2 Å². The fourth-order valence-corrected chi connectivity index (χ4v) is 4.85. The Morgan fingerprint density at radius 3 is 2.44 bits per heavy atom. The first-order valence-corrected chi connectivity index (χ1v) is 10.6. The van der Waals surface area contributed by atoms with Gasteiger partial charge < -0.3 is 9.64 Å². The molecule has 1 aromatic carbocycles. The van der Waals surface area contributed by atoms with Crippen molar-refractivity contribution in [2.45, 2.75) is 31.3 Å². The van der Waals surface area contributed by atoms with E-state index in [1.807, 2.05) is 6.07 Å². The number of ether oxygens (including phenoxy) is 1. The molecule has 1 aromatic rings. The summed E-state index contributed by atoms with van der Waals surface area (Å²) in [5.74, 6) is -0.912. The zero-order chi connectivity index (χ0) is 19.4. The first kappa shape index (κ1) is 19.1. The van der Waals surface area contributed by atoms with Crippen LogP contribution in [0.15, 0.2) is 30.3 Å². The minimum absolute atomic E-state index is 0.0121. The van der Waals surface area contributed by atoms with E-state index in [0.29, 0.717) is 12.0 Å². The van der Waals surface area contributed by atoms with E-state index in [-0.39, 0.29) is 29.5 Å². The molecular formula is C19H20N2O5S. The maximum absolute atomic E-state index is 12.5. The smallest absolute Gasteiger partial charge is 0.331 e. The van der Waals surface area contributed by atoms with Gasteiger partial charge in [-0.3, -0.25) is 4.79 Å². The quantitative estimate of drug-likeness (QED) is 0.537. The fourth-order valence-electron chi connectivity index (χ4n) is 3.14. The summed E-state index contributed by atoms with van der Waals surface area (Å²) in [5, 5.41) is 8.75. The van der Waals surface area contributed by atoms with Crippen molar-refractivity contribution in [2.24, 2.45) is 0 Å². The summed E-state index contributed by atoms with van der Waals surface area (Å²) in [7, 11) is -3.09. The molecule has 2 fully saturated rings. The number of carbonyl (C=O) groups is 2. The molecule has 0 radical (unpaired) electrons. The normalized spacial score (nSPS) is 20.9. The van der Waals surface area contributed by atoms with Gasteiger partial charge in [-0.2, -0.15) is 5.26 Å². The number of rotatable bonds is 6. The molecule has 1 aliphatic carbocycles. The molecule has 0 N–H and O–H groups in total. The fraction of sp³-hybridized carbons (Fsp3) is 0.421. The number of esters is 1. The van der Waals surface area contributed by atoms with Crippen LogP contribution in [-0.2, 0) is 24.2 Å². The largest absolute Gasteiger partial charge is 0.452 e. The van der Waals surface area contributed by atoms with Crippen molar-refractivity contribution in [3.63, 3.8) is 0 Å². The van der Waals surface area contributed by atoms with Crippen LogP contribution in [0.3, 0.4) is 0 Å². The average molecular weight is 388 g/mol. The van der Waals surface area contributed by atoms with Crippen molar-refractivity contribution in [3.05, 3.63) is 41.5 Å². The molecule has 1 amide bonds. The van der Waals surface area contributed by atoms with Gasteiger partial charge >= 0.3 is 5.97 Å². The van der Waals surface area contributed by atoms with Crippen LogP contribution >= 0.6 is 0 Å². The molecule has 1 saturated heterocycles. The molecule has 0 bridgehead atoms. The van der Waals surface area contributed by atoms with E-state index in [2.05, 4.69) is 0 Å². The molecule has 8 heteroatoms. The molecule has 142 valence electrons. The Balaban J connectivity index is 1.53. The monoisotopic (exact) mass is 388 g/mol. The van der Waals surface area contributed by atoms with Crippen molar-refractivity contribution < 1.29 is 22.7 Å². The lowest BCUT2D eigenvalue weighted by Crippen LogP contribution is -2.44. The zero-order valence-electron chi connectivity index (χ0n) is 14.7. The number of sulfone groups is 1. The predicted octanol–water partition coefficient (Wildman–Crippen LogP) is 1.29. The third kappa shape index (κ3) is 5.17. The maximum Gasteiger partial charge on any atom is 0.331 e. The van der Waals surface area contributed by atoms with E-state index in [1.54, 1.807) is 29.2 Å². The van der Waals surface area contributed by atoms with Crippen molar-refractivity contribution in [1.29, 1.82) is 5.26 Å². The molecule has 0 spiro atoms. The van der Waals surface area contributed by atoms with Gasteiger partial charge in [-0.25, -0.2) is 13.2 Å². The van der Waals surface area contributed by atoms with E-state index in [0.717, 1.165) is 18.4 Å². The number of carbonyl (C=O) groups excluding carboxylic acids is 2. The maximum atomic E-state index is 12.5. The molecule has 27 heavy (non-hydrogen) atoms. The van der Waals surface area contributed by atoms with Crippen LogP contribution in [0.25, 0.3) is 6.08 Å². The highest BCUT2D eigenvalue weighted by molar-refractivity contribution is 7.91. The molecule has 0 unspecified atom stereocenters. The summed E-state index contributed by atoms with van der Waals surface area (Å²) in [5.41, 5.74) is 1.25. The van der Waals surface area contributed by atoms with Gasteiger partial charge in [0.25, 0.3) is 5.91 Å². The number of nitrogens with zero attached hydrogens (tertiary/aromatic N) is 2. The number of amides is 1. The predicted molar refractivity (Wildman–Crippen MR) is 98.1 cm³/mol. The van der Waals surface area contributed by atoms with Gasteiger partial charge in [-0.05, 0) is 43.0 Å². The Morgan fingerprint density at radius 2 is 1.89 bits per heavy atom. The first-order chi connectivity index (χ1) is 12.9. The number of hydrogen-bond acceptors (Lipinski definition) is 6. The zero-order valence-corrected chi connectivity index (χ0v) is 15.5. The summed E-state index contributed by atoms with van der Waals surface area (Å²) in [6.07, 6.45) is 4.91. The second-order valence-corrected chi connectivity index (χ2v) is 8.99. The van der Waals surface area contributed by atoms with E-state index >= 15 is 0 Å². The lowest BCUT2D eigenvalue weighted by molar-refractivity contribution is -0.149. The van der Waals surface area contributed by atoms with Crippen LogP contribution in [0.4, 0.5) is 0 Å². The molecular weight excluding hydrogens is 368 g/mol. The molecule has 7 nitrogen and oxygen atoms in total. The van der Waals surface area contributed by atoms with Crippen LogP contribution in [0.5, 0.6) is 0 Å². The number of hydrogen-bond donors (Lipinski definition) is 0. The molecule has 1 saturated carbocycles. The highest BCUT2D eigenvalue weighted by Gasteiger charge is 2.42. The third-order valence-corrected chi connectivity index (χ3v) is 6.37. The highest BCUT2D eigenvalue weighted by atomic mass is 32.2. The van der Waals surface area contributed by atoms with Crippen LogP contribution < -0.4 is 0 Å². The van der Waals surface area contributed by atoms with Gasteiger partial charge in [0.05, 0.1) is 23.1 Å². The van der Waals surface area contributed by atoms with Gasteiger partial charge in [-0.1, -0.05) is 12.1 Å². The number of benzene rings is 1. The lowest BCUT2D eigenvalue weighted by atomic mass is 10.1. The van der Waals surface area contributed by atoms with Crippen LogP contribution in [0.2, 0.25) is 0 Å². The van der Waals surface area contributed by atoms with Crippen molar-refractivity contribution in [3.8, 4) is 6.07 Å². The SMILES string of the molecule is N#Cc1ccc(/C=C/C(=O)OCC(=O)N(C2CC2)[C@H]2CCS(=O)(=O)C2)cc1. The van der Waals surface area contributed by atoms with Gasteiger partial charge in [0.2, 0.25) is 0 Å². The third-order valence-electron chi connectivity index (χ3n) is 4.62. The van der Waals surface area contributed by atoms with E-state index in [4.69, 9.17) is 10.00 Å². The molecule has 3 rings (SSSR count). The Labute approximate surface area is 158 Å². The van der Waals surface area contributed by atoms with Gasteiger partial charge in [0, 0.05) is 18.2 Å².